The molecule has 6 nitrogen and oxygen atoms in total. The van der Waals surface area contributed by atoms with Gasteiger partial charge in [0.25, 0.3) is 0 Å². The number of nitrogens with zero attached hydrogens (tertiary/aromatic N) is 2. The molecule has 0 unspecified atom stereocenters. The van der Waals surface area contributed by atoms with Gasteiger partial charge in [-0.15, -0.1) is 0 Å². The van der Waals surface area contributed by atoms with Gasteiger partial charge >= 0.3 is 0 Å². The Labute approximate surface area is 184 Å². The number of anilines is 1. The summed E-state index contributed by atoms with van der Waals surface area (Å²) in [4.78, 5) is 22.0. The summed E-state index contributed by atoms with van der Waals surface area (Å²) >= 11 is 1.38. The molecular weight excluding hydrogens is 410 g/mol. The minimum Gasteiger partial charge on any atom is -0.497 e. The Balaban J connectivity index is 1.55. The van der Waals surface area contributed by atoms with E-state index in [1.807, 2.05) is 54.6 Å². The highest BCUT2D eigenvalue weighted by atomic mass is 32.2. The molecule has 0 saturated carbocycles. The third-order valence-corrected chi connectivity index (χ3v) is 5.57. The van der Waals surface area contributed by atoms with Crippen LogP contribution >= 0.6 is 11.8 Å². The van der Waals surface area contributed by atoms with E-state index in [0.29, 0.717) is 23.0 Å². The fraction of sp³-hybridized carbons (Fsp3) is 0.125. The molecule has 0 radical (unpaired) electrons. The summed E-state index contributed by atoms with van der Waals surface area (Å²) in [5.74, 6) is 1.91. The maximum Gasteiger partial charge on any atom is 0.234 e. The summed E-state index contributed by atoms with van der Waals surface area (Å²) in [6.07, 6.45) is 0. The van der Waals surface area contributed by atoms with E-state index in [0.717, 1.165) is 21.5 Å². The number of amides is 1. The van der Waals surface area contributed by atoms with Gasteiger partial charge in [-0.1, -0.05) is 60.3 Å². The minimum absolute atomic E-state index is 0.149. The summed E-state index contributed by atoms with van der Waals surface area (Å²) in [5, 5.41) is 4.58. The van der Waals surface area contributed by atoms with Crippen LogP contribution in [0.2, 0.25) is 0 Å². The van der Waals surface area contributed by atoms with E-state index in [1.54, 1.807) is 32.4 Å². The minimum atomic E-state index is -0.149. The first kappa shape index (κ1) is 20.7. The number of fused-ring (bicyclic) bond motifs is 1. The number of para-hydroxylation sites is 1. The number of aromatic nitrogens is 2. The van der Waals surface area contributed by atoms with Crippen LogP contribution in [0.3, 0.4) is 0 Å². The number of nitrogens with one attached hydrogen (secondary N) is 1. The zero-order valence-corrected chi connectivity index (χ0v) is 18.0. The van der Waals surface area contributed by atoms with Crippen LogP contribution < -0.4 is 14.8 Å². The van der Waals surface area contributed by atoms with Gasteiger partial charge in [0.15, 0.2) is 5.82 Å². The summed E-state index contributed by atoms with van der Waals surface area (Å²) < 4.78 is 10.5. The van der Waals surface area contributed by atoms with E-state index in [1.165, 1.54) is 11.8 Å². The lowest BCUT2D eigenvalue weighted by atomic mass is 10.2. The standard InChI is InChI=1S/C24H21N3O3S/c1-29-18-12-17(13-19(14-18)30-2)25-22(28)15-31-24-20-10-6-7-11-21(20)26-23(27-24)16-8-4-3-5-9-16/h3-14H,15H2,1-2H3,(H,25,28). The number of carbonyl (C=O) groups excluding carboxylic acids is 1. The van der Waals surface area contributed by atoms with Crippen LogP contribution in [0.5, 0.6) is 11.5 Å². The van der Waals surface area contributed by atoms with Crippen molar-refractivity contribution < 1.29 is 14.3 Å². The average molecular weight is 432 g/mol. The van der Waals surface area contributed by atoms with Crippen molar-refractivity contribution in [2.24, 2.45) is 0 Å². The van der Waals surface area contributed by atoms with Crippen molar-refractivity contribution >= 4 is 34.3 Å². The van der Waals surface area contributed by atoms with Gasteiger partial charge in [0.05, 0.1) is 25.5 Å². The highest BCUT2D eigenvalue weighted by Gasteiger charge is 2.12. The molecule has 0 atom stereocenters. The largest absolute Gasteiger partial charge is 0.497 e. The number of benzene rings is 3. The summed E-state index contributed by atoms with van der Waals surface area (Å²) in [5.41, 5.74) is 2.39. The molecule has 0 aliphatic carbocycles. The monoisotopic (exact) mass is 431 g/mol. The van der Waals surface area contributed by atoms with Crippen LogP contribution in [0.4, 0.5) is 5.69 Å². The normalized spacial score (nSPS) is 10.6. The van der Waals surface area contributed by atoms with Crippen molar-refractivity contribution in [1.29, 1.82) is 0 Å². The van der Waals surface area contributed by atoms with E-state index >= 15 is 0 Å². The Hall–Kier alpha value is -3.58. The third-order valence-electron chi connectivity index (χ3n) is 4.58. The molecule has 1 amide bonds. The van der Waals surface area contributed by atoms with Crippen molar-refractivity contribution in [1.82, 2.24) is 9.97 Å². The summed E-state index contributed by atoms with van der Waals surface area (Å²) in [6, 6.07) is 22.9. The number of hydrogen-bond donors (Lipinski definition) is 1. The van der Waals surface area contributed by atoms with Gasteiger partial charge in [-0.25, -0.2) is 9.97 Å². The Morgan fingerprint density at radius 1 is 0.903 bits per heavy atom. The van der Waals surface area contributed by atoms with Gasteiger partial charge in [-0.2, -0.15) is 0 Å². The molecule has 0 aliphatic heterocycles. The number of thioether (sulfide) groups is 1. The van der Waals surface area contributed by atoms with Gasteiger partial charge in [0, 0.05) is 34.8 Å². The number of ether oxygens (including phenoxy) is 2. The first-order valence-electron chi connectivity index (χ1n) is 9.64. The molecule has 1 N–H and O–H groups in total. The van der Waals surface area contributed by atoms with Gasteiger partial charge in [-0.3, -0.25) is 4.79 Å². The Morgan fingerprint density at radius 3 is 2.29 bits per heavy atom. The topological polar surface area (TPSA) is 73.3 Å². The lowest BCUT2D eigenvalue weighted by Gasteiger charge is -2.11. The predicted octanol–water partition coefficient (Wildman–Crippen LogP) is 5.04. The second kappa shape index (κ2) is 9.49. The molecule has 7 heteroatoms. The van der Waals surface area contributed by atoms with Gasteiger partial charge in [0.1, 0.15) is 16.5 Å². The van der Waals surface area contributed by atoms with E-state index < -0.39 is 0 Å². The predicted molar refractivity (Wildman–Crippen MR) is 124 cm³/mol. The van der Waals surface area contributed by atoms with E-state index in [4.69, 9.17) is 14.5 Å². The van der Waals surface area contributed by atoms with Crippen molar-refractivity contribution in [3.05, 3.63) is 72.8 Å². The van der Waals surface area contributed by atoms with E-state index in [-0.39, 0.29) is 11.7 Å². The van der Waals surface area contributed by atoms with Gasteiger partial charge in [-0.05, 0) is 6.07 Å². The summed E-state index contributed by atoms with van der Waals surface area (Å²) in [7, 11) is 3.14. The molecule has 156 valence electrons. The van der Waals surface area contributed by atoms with E-state index in [2.05, 4.69) is 10.3 Å². The van der Waals surface area contributed by atoms with Crippen LogP contribution in [0.15, 0.2) is 77.8 Å². The van der Waals surface area contributed by atoms with Crippen molar-refractivity contribution in [3.63, 3.8) is 0 Å². The van der Waals surface area contributed by atoms with Crippen LogP contribution in [0.25, 0.3) is 22.3 Å². The Morgan fingerprint density at radius 2 is 1.58 bits per heavy atom. The molecule has 4 rings (SSSR count). The Bertz CT molecular complexity index is 1190. The molecule has 0 aliphatic rings. The smallest absolute Gasteiger partial charge is 0.234 e. The number of methoxy groups -OCH3 is 2. The maximum atomic E-state index is 12.6. The molecule has 3 aromatic carbocycles. The first-order chi connectivity index (χ1) is 15.2. The average Bonchev–Trinajstić information content (AvgIpc) is 2.82. The van der Waals surface area contributed by atoms with Crippen LogP contribution in [-0.4, -0.2) is 35.8 Å². The van der Waals surface area contributed by atoms with Gasteiger partial charge < -0.3 is 14.8 Å². The fourth-order valence-corrected chi connectivity index (χ4v) is 3.90. The SMILES string of the molecule is COc1cc(NC(=O)CSc2nc(-c3ccccc3)nc3ccccc23)cc(OC)c1. The Kier molecular flexibility index (Phi) is 6.33. The van der Waals surface area contributed by atoms with Crippen molar-refractivity contribution in [2.45, 2.75) is 5.03 Å². The molecule has 31 heavy (non-hydrogen) atoms. The molecular formula is C24H21N3O3S. The number of rotatable bonds is 7. The highest BCUT2D eigenvalue weighted by Crippen LogP contribution is 2.29. The molecule has 1 aromatic heterocycles. The molecule has 0 fully saturated rings. The van der Waals surface area contributed by atoms with E-state index in [9.17, 15) is 4.79 Å². The van der Waals surface area contributed by atoms with Crippen molar-refractivity contribution in [2.75, 3.05) is 25.3 Å². The molecule has 0 bridgehead atoms. The zero-order chi connectivity index (χ0) is 21.6. The highest BCUT2D eigenvalue weighted by molar-refractivity contribution is 8.00. The molecule has 1 heterocycles. The lowest BCUT2D eigenvalue weighted by molar-refractivity contribution is -0.113. The summed E-state index contributed by atoms with van der Waals surface area (Å²) in [6.45, 7) is 0. The fourth-order valence-electron chi connectivity index (χ4n) is 3.08. The van der Waals surface area contributed by atoms with Crippen LogP contribution in [0, 0.1) is 0 Å². The molecule has 0 spiro atoms. The molecule has 0 saturated heterocycles. The number of carbonyl (C=O) groups is 1. The number of hydrogen-bond acceptors (Lipinski definition) is 6. The second-order valence-corrected chi connectivity index (χ2v) is 7.64. The van der Waals surface area contributed by atoms with Crippen molar-refractivity contribution in [3.8, 4) is 22.9 Å². The maximum absolute atomic E-state index is 12.6. The third kappa shape index (κ3) is 4.95. The lowest BCUT2D eigenvalue weighted by Crippen LogP contribution is -2.14. The first-order valence-corrected chi connectivity index (χ1v) is 10.6. The zero-order valence-electron chi connectivity index (χ0n) is 17.2. The molecule has 4 aromatic rings. The van der Waals surface area contributed by atoms with Crippen LogP contribution in [0.1, 0.15) is 0 Å². The van der Waals surface area contributed by atoms with Crippen LogP contribution in [-0.2, 0) is 4.79 Å². The quantitative estimate of drug-likeness (QED) is 0.326. The second-order valence-electron chi connectivity index (χ2n) is 6.67. The van der Waals surface area contributed by atoms with Gasteiger partial charge in [0.2, 0.25) is 5.91 Å².